The first-order valence-electron chi connectivity index (χ1n) is 5.91. The van der Waals surface area contributed by atoms with Crippen molar-refractivity contribution in [2.45, 2.75) is 38.4 Å². The number of hydrogen-bond donors (Lipinski definition) is 3. The quantitative estimate of drug-likeness (QED) is 0.577. The van der Waals surface area contributed by atoms with Gasteiger partial charge in [-0.1, -0.05) is 0 Å². The molecule has 5 nitrogen and oxygen atoms in total. The Morgan fingerprint density at radius 1 is 1.00 bits per heavy atom. The van der Waals surface area contributed by atoms with Crippen LogP contribution in [0.4, 0.5) is 0 Å². The zero-order chi connectivity index (χ0) is 12.1. The smallest absolute Gasteiger partial charge is 0.157 e. The van der Waals surface area contributed by atoms with E-state index in [9.17, 15) is 0 Å². The van der Waals surface area contributed by atoms with E-state index in [4.69, 9.17) is 24.8 Å². The summed E-state index contributed by atoms with van der Waals surface area (Å²) in [5.41, 5.74) is 0. The van der Waals surface area contributed by atoms with Gasteiger partial charge in [0.05, 0.1) is 6.61 Å². The normalized spacial score (nSPS) is 20.1. The predicted octanol–water partition coefficient (Wildman–Crippen LogP) is 0.273. The summed E-state index contributed by atoms with van der Waals surface area (Å²) in [4.78, 5) is 0. The van der Waals surface area contributed by atoms with Crippen molar-refractivity contribution in [2.24, 2.45) is 0 Å². The number of ether oxygens (including phenoxy) is 2. The van der Waals surface area contributed by atoms with Crippen molar-refractivity contribution in [3.63, 3.8) is 0 Å². The van der Waals surface area contributed by atoms with Crippen LogP contribution in [0, 0.1) is 0 Å². The summed E-state index contributed by atoms with van der Waals surface area (Å²) in [7, 11) is 0. The molecule has 0 bridgehead atoms. The van der Waals surface area contributed by atoms with Crippen LogP contribution in [-0.2, 0) is 9.47 Å². The van der Waals surface area contributed by atoms with Crippen LogP contribution in [0.15, 0.2) is 0 Å². The van der Waals surface area contributed by atoms with Crippen molar-refractivity contribution >= 4 is 0 Å². The summed E-state index contributed by atoms with van der Waals surface area (Å²) in [5.74, 6) is 0. The van der Waals surface area contributed by atoms with Crippen molar-refractivity contribution in [3.05, 3.63) is 0 Å². The van der Waals surface area contributed by atoms with Crippen LogP contribution in [0.1, 0.15) is 32.1 Å². The van der Waals surface area contributed by atoms with Gasteiger partial charge in [-0.05, 0) is 32.1 Å². The van der Waals surface area contributed by atoms with Gasteiger partial charge in [-0.15, -0.1) is 0 Å². The largest absolute Gasteiger partial charge is 0.396 e. The van der Waals surface area contributed by atoms with Gasteiger partial charge in [0.15, 0.2) is 6.29 Å². The van der Waals surface area contributed by atoms with E-state index in [0.29, 0.717) is 19.4 Å². The maximum absolute atomic E-state index is 8.47. The van der Waals surface area contributed by atoms with E-state index >= 15 is 0 Å². The molecule has 1 atom stereocenters. The minimum absolute atomic E-state index is 0.00435. The molecule has 0 radical (unpaired) electrons. The Kier molecular flexibility index (Phi) is 12.7. The lowest BCUT2D eigenvalue weighted by Gasteiger charge is -2.22. The molecule has 0 aliphatic carbocycles. The van der Waals surface area contributed by atoms with Crippen LogP contribution in [0.25, 0.3) is 0 Å². The zero-order valence-corrected chi connectivity index (χ0v) is 9.81. The van der Waals surface area contributed by atoms with Gasteiger partial charge in [-0.2, -0.15) is 0 Å². The molecule has 1 aliphatic heterocycles. The monoisotopic (exact) mass is 236 g/mol. The van der Waals surface area contributed by atoms with Crippen molar-refractivity contribution in [2.75, 3.05) is 33.0 Å². The molecule has 0 amide bonds. The molecule has 0 aromatic carbocycles. The second-order valence-electron chi connectivity index (χ2n) is 3.54. The predicted molar refractivity (Wildman–Crippen MR) is 60.0 cm³/mol. The number of aliphatic hydroxyl groups excluding tert-OH is 3. The highest BCUT2D eigenvalue weighted by molar-refractivity contribution is 4.53. The molecule has 16 heavy (non-hydrogen) atoms. The Morgan fingerprint density at radius 2 is 1.69 bits per heavy atom. The first-order chi connectivity index (χ1) is 7.85. The maximum Gasteiger partial charge on any atom is 0.157 e. The van der Waals surface area contributed by atoms with Crippen molar-refractivity contribution < 1.29 is 24.8 Å². The van der Waals surface area contributed by atoms with Crippen LogP contribution in [0.2, 0.25) is 0 Å². The second-order valence-corrected chi connectivity index (χ2v) is 3.54. The minimum atomic E-state index is -0.00435. The molecule has 1 fully saturated rings. The van der Waals surface area contributed by atoms with Crippen molar-refractivity contribution in [3.8, 4) is 0 Å². The van der Waals surface area contributed by atoms with Gasteiger partial charge in [-0.25, -0.2) is 0 Å². The summed E-state index contributed by atoms with van der Waals surface area (Å²) in [6.45, 7) is 1.82. The first-order valence-corrected chi connectivity index (χ1v) is 5.91. The fraction of sp³-hybridized carbons (Fsp3) is 1.00. The van der Waals surface area contributed by atoms with Crippen LogP contribution < -0.4 is 0 Å². The van der Waals surface area contributed by atoms with E-state index in [1.54, 1.807) is 0 Å². The molecule has 1 rings (SSSR count). The Labute approximate surface area is 97.0 Å². The van der Waals surface area contributed by atoms with Crippen molar-refractivity contribution in [1.29, 1.82) is 0 Å². The van der Waals surface area contributed by atoms with E-state index in [0.717, 1.165) is 19.4 Å². The van der Waals surface area contributed by atoms with E-state index in [2.05, 4.69) is 0 Å². The first kappa shape index (κ1) is 15.8. The summed E-state index contributed by atoms with van der Waals surface area (Å²) in [5, 5.41) is 24.3. The highest BCUT2D eigenvalue weighted by Crippen LogP contribution is 2.13. The molecular formula is C11H24O5. The van der Waals surface area contributed by atoms with Gasteiger partial charge in [0.25, 0.3) is 0 Å². The summed E-state index contributed by atoms with van der Waals surface area (Å²) >= 11 is 0. The standard InChI is InChI=1S/C8H16O3.C3H8O2/c9-5-3-7-11-8-4-1-2-6-10-8;4-2-1-3-5/h8-9H,1-7H2;4-5H,1-3H2. The lowest BCUT2D eigenvalue weighted by molar-refractivity contribution is -0.163. The Bertz CT molecular complexity index is 124. The van der Waals surface area contributed by atoms with Crippen LogP contribution in [0.3, 0.4) is 0 Å². The molecule has 3 N–H and O–H groups in total. The van der Waals surface area contributed by atoms with E-state index < -0.39 is 0 Å². The summed E-state index contributed by atoms with van der Waals surface area (Å²) in [6.07, 6.45) is 4.56. The maximum atomic E-state index is 8.47. The second kappa shape index (κ2) is 12.9. The van der Waals surface area contributed by atoms with E-state index in [-0.39, 0.29) is 26.1 Å². The SMILES string of the molecule is OCCCO.OCCCOC1CCCCO1. The highest BCUT2D eigenvalue weighted by atomic mass is 16.7. The third-order valence-electron chi connectivity index (χ3n) is 2.06. The van der Waals surface area contributed by atoms with E-state index in [1.807, 2.05) is 0 Å². The van der Waals surface area contributed by atoms with Gasteiger partial charge < -0.3 is 24.8 Å². The third kappa shape index (κ3) is 10.3. The lowest BCUT2D eigenvalue weighted by Crippen LogP contribution is -2.22. The highest BCUT2D eigenvalue weighted by Gasteiger charge is 2.12. The van der Waals surface area contributed by atoms with Gasteiger partial charge in [0, 0.05) is 26.4 Å². The van der Waals surface area contributed by atoms with Crippen LogP contribution in [0.5, 0.6) is 0 Å². The molecule has 0 aromatic heterocycles. The third-order valence-corrected chi connectivity index (χ3v) is 2.06. The van der Waals surface area contributed by atoms with Gasteiger partial charge in [0.1, 0.15) is 0 Å². The number of rotatable bonds is 6. The average molecular weight is 236 g/mol. The molecule has 1 heterocycles. The van der Waals surface area contributed by atoms with Gasteiger partial charge in [-0.3, -0.25) is 0 Å². The fourth-order valence-electron chi connectivity index (χ4n) is 1.19. The minimum Gasteiger partial charge on any atom is -0.396 e. The van der Waals surface area contributed by atoms with Crippen LogP contribution >= 0.6 is 0 Å². The Morgan fingerprint density at radius 3 is 2.12 bits per heavy atom. The molecule has 0 saturated carbocycles. The number of hydrogen-bond acceptors (Lipinski definition) is 5. The molecular weight excluding hydrogens is 212 g/mol. The Hall–Kier alpha value is -0.200. The summed E-state index contributed by atoms with van der Waals surface area (Å²) < 4.78 is 10.7. The lowest BCUT2D eigenvalue weighted by atomic mass is 10.2. The molecule has 98 valence electrons. The van der Waals surface area contributed by atoms with Crippen LogP contribution in [-0.4, -0.2) is 54.6 Å². The van der Waals surface area contributed by atoms with Gasteiger partial charge >= 0.3 is 0 Å². The molecule has 0 spiro atoms. The van der Waals surface area contributed by atoms with E-state index in [1.165, 1.54) is 6.42 Å². The molecule has 0 aromatic rings. The zero-order valence-electron chi connectivity index (χ0n) is 9.81. The average Bonchev–Trinajstić information content (AvgIpc) is 2.33. The Balaban J connectivity index is 0.000000385. The van der Waals surface area contributed by atoms with Crippen molar-refractivity contribution in [1.82, 2.24) is 0 Å². The molecule has 1 unspecified atom stereocenters. The molecule has 5 heteroatoms. The summed E-state index contributed by atoms with van der Waals surface area (Å²) in [6, 6.07) is 0. The molecule has 1 aliphatic rings. The molecule has 1 saturated heterocycles. The number of aliphatic hydroxyl groups is 3. The van der Waals surface area contributed by atoms with Gasteiger partial charge in [0.2, 0.25) is 0 Å². The topological polar surface area (TPSA) is 79.2 Å². The fourth-order valence-corrected chi connectivity index (χ4v) is 1.19.